The lowest BCUT2D eigenvalue weighted by molar-refractivity contribution is -0.120. The highest BCUT2D eigenvalue weighted by Crippen LogP contribution is 2.15. The first-order valence-corrected chi connectivity index (χ1v) is 6.73. The van der Waals surface area contributed by atoms with Gasteiger partial charge in [0.25, 0.3) is 0 Å². The maximum Gasteiger partial charge on any atom is 0.138 e. The number of piperazine rings is 1. The molecular weight excluding hydrogens is 240 g/mol. The summed E-state index contributed by atoms with van der Waals surface area (Å²) in [5.74, 6) is 0.456. The lowest BCUT2D eigenvalue weighted by Gasteiger charge is -2.37. The van der Waals surface area contributed by atoms with Gasteiger partial charge in [-0.05, 0) is 31.8 Å². The molecule has 0 amide bonds. The molecule has 1 saturated heterocycles. The van der Waals surface area contributed by atoms with E-state index < -0.39 is 0 Å². The molecule has 0 saturated carbocycles. The van der Waals surface area contributed by atoms with Crippen molar-refractivity contribution in [2.24, 2.45) is 0 Å². The summed E-state index contributed by atoms with van der Waals surface area (Å²) in [4.78, 5) is 16.7. The number of phenols is 1. The van der Waals surface area contributed by atoms with Crippen LogP contribution in [-0.4, -0.2) is 60.5 Å². The monoisotopic (exact) mass is 262 g/mol. The van der Waals surface area contributed by atoms with Crippen LogP contribution < -0.4 is 0 Å². The van der Waals surface area contributed by atoms with Gasteiger partial charge in [-0.3, -0.25) is 4.79 Å². The number of likely N-dealkylation sites (N-methyl/N-ethyl adjacent to an activating group) is 2. The minimum absolute atomic E-state index is 0.222. The summed E-state index contributed by atoms with van der Waals surface area (Å²) < 4.78 is 0. The minimum atomic E-state index is 0.222. The van der Waals surface area contributed by atoms with Crippen LogP contribution in [0.1, 0.15) is 12.0 Å². The molecule has 0 aliphatic carbocycles. The number of nitrogens with zero attached hydrogens (tertiary/aromatic N) is 2. The summed E-state index contributed by atoms with van der Waals surface area (Å²) in [6.45, 7) is 3.02. The molecule has 4 nitrogen and oxygen atoms in total. The quantitative estimate of drug-likeness (QED) is 0.884. The molecule has 1 aliphatic heterocycles. The first-order chi connectivity index (χ1) is 9.04. The van der Waals surface area contributed by atoms with Crippen molar-refractivity contribution >= 4 is 5.78 Å². The van der Waals surface area contributed by atoms with Gasteiger partial charge in [0.2, 0.25) is 0 Å². The van der Waals surface area contributed by atoms with Gasteiger partial charge in [0.05, 0.1) is 0 Å². The SMILES string of the molecule is CN1CCN(C)C(CC(=O)Cc2cccc(O)c2)C1. The highest BCUT2D eigenvalue weighted by atomic mass is 16.3. The lowest BCUT2D eigenvalue weighted by Crippen LogP contribution is -2.50. The summed E-state index contributed by atoms with van der Waals surface area (Å²) in [7, 11) is 4.18. The Morgan fingerprint density at radius 3 is 2.89 bits per heavy atom. The van der Waals surface area contributed by atoms with E-state index in [0.29, 0.717) is 18.9 Å². The van der Waals surface area contributed by atoms with Gasteiger partial charge in [-0.25, -0.2) is 0 Å². The van der Waals surface area contributed by atoms with Gasteiger partial charge in [0.15, 0.2) is 0 Å². The van der Waals surface area contributed by atoms with Gasteiger partial charge >= 0.3 is 0 Å². The van der Waals surface area contributed by atoms with E-state index in [1.54, 1.807) is 18.2 Å². The Hall–Kier alpha value is -1.39. The molecule has 1 fully saturated rings. The van der Waals surface area contributed by atoms with Crippen LogP contribution in [0.25, 0.3) is 0 Å². The fourth-order valence-corrected chi connectivity index (χ4v) is 2.55. The largest absolute Gasteiger partial charge is 0.508 e. The van der Waals surface area contributed by atoms with Crippen molar-refractivity contribution in [3.05, 3.63) is 29.8 Å². The van der Waals surface area contributed by atoms with E-state index in [0.717, 1.165) is 25.2 Å². The Balaban J connectivity index is 1.90. The van der Waals surface area contributed by atoms with Gasteiger partial charge in [0.1, 0.15) is 11.5 Å². The van der Waals surface area contributed by atoms with Crippen molar-refractivity contribution < 1.29 is 9.90 Å². The molecule has 1 heterocycles. The number of hydrogen-bond acceptors (Lipinski definition) is 4. The molecule has 1 aromatic rings. The molecule has 0 aromatic heterocycles. The topological polar surface area (TPSA) is 43.8 Å². The fraction of sp³-hybridized carbons (Fsp3) is 0.533. The molecular formula is C15H22N2O2. The molecule has 2 rings (SSSR count). The molecule has 0 bridgehead atoms. The Bertz CT molecular complexity index is 448. The van der Waals surface area contributed by atoms with E-state index in [4.69, 9.17) is 0 Å². The third-order valence-electron chi connectivity index (χ3n) is 3.76. The highest BCUT2D eigenvalue weighted by Gasteiger charge is 2.24. The van der Waals surface area contributed by atoms with Crippen molar-refractivity contribution in [3.63, 3.8) is 0 Å². The van der Waals surface area contributed by atoms with Crippen molar-refractivity contribution in [1.29, 1.82) is 0 Å². The number of Topliss-reactive ketones (excluding diaryl/α,β-unsaturated/α-hetero) is 1. The van der Waals surface area contributed by atoms with Crippen LogP contribution in [0.15, 0.2) is 24.3 Å². The Morgan fingerprint density at radius 1 is 1.37 bits per heavy atom. The van der Waals surface area contributed by atoms with Crippen molar-refractivity contribution in [1.82, 2.24) is 9.80 Å². The average molecular weight is 262 g/mol. The van der Waals surface area contributed by atoms with Crippen LogP contribution in [0, 0.1) is 0 Å². The third kappa shape index (κ3) is 4.04. The van der Waals surface area contributed by atoms with Crippen molar-refractivity contribution in [3.8, 4) is 5.75 Å². The molecule has 0 radical (unpaired) electrons. The molecule has 1 aliphatic rings. The van der Waals surface area contributed by atoms with Gasteiger partial charge in [-0.2, -0.15) is 0 Å². The molecule has 19 heavy (non-hydrogen) atoms. The number of benzene rings is 1. The average Bonchev–Trinajstić information content (AvgIpc) is 2.34. The molecule has 104 valence electrons. The second-order valence-corrected chi connectivity index (χ2v) is 5.49. The molecule has 1 atom stereocenters. The predicted molar refractivity (Wildman–Crippen MR) is 75.3 cm³/mol. The highest BCUT2D eigenvalue weighted by molar-refractivity contribution is 5.81. The number of rotatable bonds is 4. The number of carbonyl (C=O) groups excluding carboxylic acids is 1. The van der Waals surface area contributed by atoms with Gasteiger partial charge in [-0.1, -0.05) is 12.1 Å². The van der Waals surface area contributed by atoms with Crippen LogP contribution in [0.5, 0.6) is 5.75 Å². The third-order valence-corrected chi connectivity index (χ3v) is 3.76. The zero-order chi connectivity index (χ0) is 13.8. The Morgan fingerprint density at radius 2 is 2.16 bits per heavy atom. The van der Waals surface area contributed by atoms with E-state index >= 15 is 0 Å². The van der Waals surface area contributed by atoms with Crippen LogP contribution in [0.4, 0.5) is 0 Å². The minimum Gasteiger partial charge on any atom is -0.508 e. The summed E-state index contributed by atoms with van der Waals surface area (Å²) in [6, 6.07) is 7.25. The Labute approximate surface area is 114 Å². The predicted octanol–water partition coefficient (Wildman–Crippen LogP) is 1.14. The molecule has 4 heteroatoms. The van der Waals surface area contributed by atoms with Crippen molar-refractivity contribution in [2.45, 2.75) is 18.9 Å². The molecule has 1 unspecified atom stereocenters. The maximum absolute atomic E-state index is 12.1. The zero-order valence-corrected chi connectivity index (χ0v) is 11.7. The second-order valence-electron chi connectivity index (χ2n) is 5.49. The van der Waals surface area contributed by atoms with E-state index in [1.165, 1.54) is 0 Å². The van der Waals surface area contributed by atoms with Gasteiger partial charge in [-0.15, -0.1) is 0 Å². The molecule has 0 spiro atoms. The summed E-state index contributed by atoms with van der Waals surface area (Å²) in [5.41, 5.74) is 0.886. The van der Waals surface area contributed by atoms with Crippen LogP contribution in [-0.2, 0) is 11.2 Å². The number of phenolic OH excluding ortho intramolecular Hbond substituents is 1. The van der Waals surface area contributed by atoms with Crippen LogP contribution >= 0.6 is 0 Å². The number of carbonyl (C=O) groups is 1. The summed E-state index contributed by atoms with van der Waals surface area (Å²) in [5, 5.41) is 9.40. The normalized spacial score (nSPS) is 21.5. The first-order valence-electron chi connectivity index (χ1n) is 6.73. The van der Waals surface area contributed by atoms with E-state index in [-0.39, 0.29) is 11.5 Å². The zero-order valence-electron chi connectivity index (χ0n) is 11.7. The summed E-state index contributed by atoms with van der Waals surface area (Å²) in [6.07, 6.45) is 0.985. The Kier molecular flexibility index (Phi) is 4.56. The smallest absolute Gasteiger partial charge is 0.138 e. The van der Waals surface area contributed by atoms with Gasteiger partial charge < -0.3 is 14.9 Å². The van der Waals surface area contributed by atoms with Crippen LogP contribution in [0.3, 0.4) is 0 Å². The maximum atomic E-state index is 12.1. The number of hydrogen-bond donors (Lipinski definition) is 1. The van der Waals surface area contributed by atoms with Gasteiger partial charge in [0, 0.05) is 38.5 Å². The summed E-state index contributed by atoms with van der Waals surface area (Å²) >= 11 is 0. The molecule has 1 N–H and O–H groups in total. The van der Waals surface area contributed by atoms with E-state index in [2.05, 4.69) is 23.9 Å². The molecule has 1 aromatic carbocycles. The lowest BCUT2D eigenvalue weighted by atomic mass is 10.0. The van der Waals surface area contributed by atoms with E-state index in [9.17, 15) is 9.90 Å². The van der Waals surface area contributed by atoms with E-state index in [1.807, 2.05) is 6.07 Å². The van der Waals surface area contributed by atoms with Crippen molar-refractivity contribution in [2.75, 3.05) is 33.7 Å². The second kappa shape index (κ2) is 6.17. The first kappa shape index (κ1) is 14.0. The number of ketones is 1. The fourth-order valence-electron chi connectivity index (χ4n) is 2.55. The number of aromatic hydroxyl groups is 1. The standard InChI is InChI=1S/C15H22N2O2/c1-16-6-7-17(2)13(11-16)10-15(19)9-12-4-3-5-14(18)8-12/h3-5,8,13,18H,6-7,9-11H2,1-2H3. The van der Waals surface area contributed by atoms with Crippen LogP contribution in [0.2, 0.25) is 0 Å².